The number of hydrogen-bond donors (Lipinski definition) is 2. The van der Waals surface area contributed by atoms with E-state index in [-0.39, 0.29) is 0 Å². The first-order valence-electron chi connectivity index (χ1n) is 15.0. The second kappa shape index (κ2) is 12.6. The molecule has 2 aromatic rings. The number of quaternary nitrogens is 2. The molecule has 4 N–H and O–H groups in total. The zero-order valence-electron chi connectivity index (χ0n) is 24.6. The van der Waals surface area contributed by atoms with Crippen LogP contribution >= 0.6 is 0 Å². The third-order valence-electron chi connectivity index (χ3n) is 8.89. The maximum absolute atomic E-state index is 5.91. The lowest BCUT2D eigenvalue weighted by Crippen LogP contribution is -2.50. The van der Waals surface area contributed by atoms with Gasteiger partial charge in [-0.2, -0.15) is 0 Å². The first-order chi connectivity index (χ1) is 18.1. The molecule has 2 aliphatic heterocycles. The van der Waals surface area contributed by atoms with Gasteiger partial charge in [-0.1, -0.05) is 0 Å². The van der Waals surface area contributed by atoms with Crippen LogP contribution in [0.15, 0.2) is 48.5 Å². The number of rotatable bonds is 13. The summed E-state index contributed by atoms with van der Waals surface area (Å²) in [5.74, 6) is 0. The summed E-state index contributed by atoms with van der Waals surface area (Å²) in [7, 11) is 9.70. The van der Waals surface area contributed by atoms with Crippen LogP contribution in [0.25, 0.3) is 0 Å². The molecule has 2 unspecified atom stereocenters. The van der Waals surface area contributed by atoms with E-state index in [1.165, 1.54) is 102 Å². The largest absolute Gasteiger partial charge is 0.399 e. The van der Waals surface area contributed by atoms with Gasteiger partial charge in [0.15, 0.2) is 0 Å². The summed E-state index contributed by atoms with van der Waals surface area (Å²) in [6.07, 6.45) is 10.5. The fourth-order valence-electron chi connectivity index (χ4n) is 6.82. The normalized spacial score (nSPS) is 20.4. The van der Waals surface area contributed by atoms with Gasteiger partial charge in [0.25, 0.3) is 0 Å². The summed E-state index contributed by atoms with van der Waals surface area (Å²) in [5, 5.41) is 0. The maximum Gasteiger partial charge on any atom is 0.0989 e. The van der Waals surface area contributed by atoms with E-state index in [0.717, 1.165) is 20.3 Å². The third kappa shape index (κ3) is 8.03. The Hall–Kier alpha value is -2.44. The lowest BCUT2D eigenvalue weighted by atomic mass is 10.1. The molecule has 4 rings (SSSR count). The van der Waals surface area contributed by atoms with Gasteiger partial charge >= 0.3 is 0 Å². The van der Waals surface area contributed by atoms with Crippen LogP contribution in [0.1, 0.15) is 51.4 Å². The van der Waals surface area contributed by atoms with Crippen molar-refractivity contribution >= 4 is 22.7 Å². The number of nitrogen functional groups attached to an aromatic ring is 2. The Bertz CT molecular complexity index is 903. The maximum atomic E-state index is 5.91. The molecule has 0 spiro atoms. The molecule has 2 saturated heterocycles. The summed E-state index contributed by atoms with van der Waals surface area (Å²) in [6.45, 7) is 7.31. The van der Waals surface area contributed by atoms with Crippen molar-refractivity contribution in [1.29, 1.82) is 0 Å². The van der Waals surface area contributed by atoms with Gasteiger partial charge in [0.05, 0.1) is 66.5 Å². The minimum Gasteiger partial charge on any atom is -0.399 e. The smallest absolute Gasteiger partial charge is 0.0989 e. The topological polar surface area (TPSA) is 58.5 Å². The Balaban J connectivity index is 1.15. The molecule has 0 aromatic heterocycles. The van der Waals surface area contributed by atoms with Crippen LogP contribution in [0.2, 0.25) is 0 Å². The fourth-order valence-corrected chi connectivity index (χ4v) is 6.82. The zero-order valence-corrected chi connectivity index (χ0v) is 24.6. The van der Waals surface area contributed by atoms with E-state index in [9.17, 15) is 0 Å². The number of benzene rings is 2. The predicted octanol–water partition coefficient (Wildman–Crippen LogP) is 5.20. The minimum atomic E-state index is 0.634. The zero-order chi connectivity index (χ0) is 27.2. The summed E-state index contributed by atoms with van der Waals surface area (Å²) >= 11 is 0. The van der Waals surface area contributed by atoms with Crippen LogP contribution in [-0.4, -0.2) is 88.5 Å². The Morgan fingerprint density at radius 2 is 0.974 bits per heavy atom. The molecule has 2 fully saturated rings. The van der Waals surface area contributed by atoms with Gasteiger partial charge in [-0.15, -0.1) is 0 Å². The average molecular weight is 523 g/mol. The lowest BCUT2D eigenvalue weighted by Gasteiger charge is -2.37. The summed E-state index contributed by atoms with van der Waals surface area (Å²) < 4.78 is 2.22. The van der Waals surface area contributed by atoms with E-state index in [2.05, 4.69) is 62.3 Å². The number of nitrogens with two attached hydrogens (primary N) is 2. The lowest BCUT2D eigenvalue weighted by molar-refractivity contribution is -0.892. The van der Waals surface area contributed by atoms with Crippen LogP contribution in [0.4, 0.5) is 22.7 Å². The molecule has 210 valence electrons. The second-order valence-electron chi connectivity index (χ2n) is 13.3. The van der Waals surface area contributed by atoms with Gasteiger partial charge < -0.3 is 30.2 Å². The first kappa shape index (κ1) is 28.6. The van der Waals surface area contributed by atoms with E-state index < -0.39 is 0 Å². The Morgan fingerprint density at radius 3 is 1.34 bits per heavy atom. The van der Waals surface area contributed by atoms with Gasteiger partial charge in [0, 0.05) is 35.8 Å². The van der Waals surface area contributed by atoms with E-state index in [1.807, 2.05) is 24.3 Å². The summed E-state index contributed by atoms with van der Waals surface area (Å²) in [4.78, 5) is 5.22. The molecule has 2 heterocycles. The summed E-state index contributed by atoms with van der Waals surface area (Å²) in [5.41, 5.74) is 16.2. The van der Waals surface area contributed by atoms with Crippen molar-refractivity contribution in [2.45, 2.75) is 63.5 Å². The number of anilines is 4. The second-order valence-corrected chi connectivity index (χ2v) is 13.3. The van der Waals surface area contributed by atoms with E-state index in [1.54, 1.807) is 0 Å². The predicted molar refractivity (Wildman–Crippen MR) is 165 cm³/mol. The summed E-state index contributed by atoms with van der Waals surface area (Å²) in [6, 6.07) is 18.2. The molecule has 2 aromatic carbocycles. The Morgan fingerprint density at radius 1 is 0.605 bits per heavy atom. The highest BCUT2D eigenvalue weighted by atomic mass is 15.3. The Labute approximate surface area is 232 Å². The molecule has 0 saturated carbocycles. The van der Waals surface area contributed by atoms with Crippen LogP contribution < -0.4 is 21.3 Å². The number of likely N-dealkylation sites (N-methyl/N-ethyl adjacent to an activating group) is 2. The molecule has 0 bridgehead atoms. The molecule has 0 radical (unpaired) electrons. The van der Waals surface area contributed by atoms with Crippen LogP contribution in [-0.2, 0) is 0 Å². The van der Waals surface area contributed by atoms with Crippen molar-refractivity contribution < 1.29 is 8.97 Å². The molecule has 2 aliphatic rings. The molecular weight excluding hydrogens is 468 g/mol. The van der Waals surface area contributed by atoms with Crippen LogP contribution in [0.5, 0.6) is 0 Å². The van der Waals surface area contributed by atoms with Gasteiger partial charge in [-0.3, -0.25) is 0 Å². The fraction of sp³-hybridized carbons (Fsp3) is 0.625. The van der Waals surface area contributed by atoms with E-state index in [0.29, 0.717) is 12.1 Å². The van der Waals surface area contributed by atoms with Crippen LogP contribution in [0, 0.1) is 0 Å². The van der Waals surface area contributed by atoms with Gasteiger partial charge in [-0.05, 0) is 99.9 Å². The molecular formula is C32H54N6+2. The van der Waals surface area contributed by atoms with Crippen molar-refractivity contribution in [3.63, 3.8) is 0 Å². The molecule has 0 amide bonds. The quantitative estimate of drug-likeness (QED) is 0.216. The number of hydrogen-bond acceptors (Lipinski definition) is 4. The van der Waals surface area contributed by atoms with E-state index >= 15 is 0 Å². The average Bonchev–Trinajstić information content (AvgIpc) is 3.51. The van der Waals surface area contributed by atoms with Crippen LogP contribution in [0.3, 0.4) is 0 Å². The van der Waals surface area contributed by atoms with Gasteiger partial charge in [0.1, 0.15) is 0 Å². The Kier molecular flexibility index (Phi) is 9.48. The third-order valence-corrected chi connectivity index (χ3v) is 8.89. The molecule has 2 atom stereocenters. The highest BCUT2D eigenvalue weighted by Crippen LogP contribution is 2.29. The SMILES string of the molecule is C[N+](C)(CCCCCC[N+](C)(C)CC1CCCN1c1ccc(N)cc1)CC1CCCN1c1ccc(N)cc1. The van der Waals surface area contributed by atoms with Crippen molar-refractivity contribution in [3.05, 3.63) is 48.5 Å². The van der Waals surface area contributed by atoms with E-state index in [4.69, 9.17) is 11.5 Å². The number of nitrogens with zero attached hydrogens (tertiary/aromatic N) is 4. The van der Waals surface area contributed by atoms with Crippen molar-refractivity contribution in [1.82, 2.24) is 0 Å². The highest BCUT2D eigenvalue weighted by Gasteiger charge is 2.32. The highest BCUT2D eigenvalue weighted by molar-refractivity contribution is 5.55. The molecule has 6 nitrogen and oxygen atoms in total. The monoisotopic (exact) mass is 522 g/mol. The number of unbranched alkanes of at least 4 members (excludes halogenated alkanes) is 3. The van der Waals surface area contributed by atoms with Crippen molar-refractivity contribution in [3.8, 4) is 0 Å². The van der Waals surface area contributed by atoms with Crippen molar-refractivity contribution in [2.24, 2.45) is 0 Å². The van der Waals surface area contributed by atoms with Crippen molar-refractivity contribution in [2.75, 3.05) is 88.7 Å². The molecule has 38 heavy (non-hydrogen) atoms. The standard InChI is InChI=1S/C32H54N6/c1-37(2,25-31-11-9-21-35(31)29-17-13-27(33)14-18-29)23-7-5-6-8-24-38(3,4)26-32-12-10-22-36(32)30-19-15-28(34)16-20-30/h13-20,31-32H,5-12,21-26,33-34H2,1-4H3/q+2. The van der Waals surface area contributed by atoms with Gasteiger partial charge in [0.2, 0.25) is 0 Å². The molecule has 0 aliphatic carbocycles. The first-order valence-corrected chi connectivity index (χ1v) is 15.0. The van der Waals surface area contributed by atoms with Gasteiger partial charge in [-0.25, -0.2) is 0 Å². The molecule has 6 heteroatoms. The minimum absolute atomic E-state index is 0.634.